The molecule has 0 spiro atoms. The first-order valence-electron chi connectivity index (χ1n) is 8.41. The molecule has 7 heteroatoms. The molecule has 1 aromatic carbocycles. The summed E-state index contributed by atoms with van der Waals surface area (Å²) in [6.07, 6.45) is 4.03. The average molecular weight is 338 g/mol. The Morgan fingerprint density at radius 3 is 2.67 bits per heavy atom. The number of amides is 2. The van der Waals surface area contributed by atoms with Crippen LogP contribution in [0.3, 0.4) is 0 Å². The molecule has 0 aliphatic carbocycles. The lowest BCUT2D eigenvalue weighted by Gasteiger charge is -2.16. The number of benzene rings is 1. The van der Waals surface area contributed by atoms with E-state index in [0.717, 1.165) is 38.9 Å². The van der Waals surface area contributed by atoms with Crippen LogP contribution in [-0.4, -0.2) is 44.6 Å². The zero-order chi connectivity index (χ0) is 16.8. The van der Waals surface area contributed by atoms with Crippen molar-refractivity contribution in [3.8, 4) is 5.75 Å². The van der Waals surface area contributed by atoms with Crippen molar-refractivity contribution in [2.45, 2.75) is 37.9 Å². The third kappa shape index (κ3) is 4.82. The number of anilines is 1. The van der Waals surface area contributed by atoms with Crippen LogP contribution < -0.4 is 15.4 Å². The van der Waals surface area contributed by atoms with Gasteiger partial charge in [0, 0.05) is 25.8 Å². The number of rotatable bonds is 6. The highest BCUT2D eigenvalue weighted by molar-refractivity contribution is 5.90. The maximum Gasteiger partial charge on any atom is 0.319 e. The number of hydrogen-bond acceptors (Lipinski definition) is 4. The number of urea groups is 1. The number of ether oxygens (including phenoxy) is 3. The van der Waals surface area contributed by atoms with Crippen LogP contribution in [0.15, 0.2) is 18.2 Å². The monoisotopic (exact) mass is 338 g/mol. The molecular formula is C17H23FN2O4. The first kappa shape index (κ1) is 17.0. The first-order valence-corrected chi connectivity index (χ1v) is 8.41. The van der Waals surface area contributed by atoms with Gasteiger partial charge in [0.05, 0.1) is 17.9 Å². The van der Waals surface area contributed by atoms with Crippen molar-refractivity contribution in [3.05, 3.63) is 24.0 Å². The summed E-state index contributed by atoms with van der Waals surface area (Å²) in [6.45, 7) is 2.30. The van der Waals surface area contributed by atoms with Gasteiger partial charge >= 0.3 is 6.03 Å². The van der Waals surface area contributed by atoms with Crippen molar-refractivity contribution in [3.63, 3.8) is 0 Å². The van der Waals surface area contributed by atoms with Gasteiger partial charge in [0.1, 0.15) is 18.2 Å². The van der Waals surface area contributed by atoms with E-state index >= 15 is 0 Å². The van der Waals surface area contributed by atoms with Crippen LogP contribution in [0.2, 0.25) is 0 Å². The lowest BCUT2D eigenvalue weighted by molar-refractivity contribution is 0.0682. The lowest BCUT2D eigenvalue weighted by atomic mass is 10.2. The van der Waals surface area contributed by atoms with E-state index in [1.165, 1.54) is 18.2 Å². The molecule has 0 saturated carbocycles. The lowest BCUT2D eigenvalue weighted by Crippen LogP contribution is -2.35. The fourth-order valence-electron chi connectivity index (χ4n) is 2.86. The van der Waals surface area contributed by atoms with Crippen molar-refractivity contribution in [1.29, 1.82) is 0 Å². The quantitative estimate of drug-likeness (QED) is 0.837. The molecule has 0 bridgehead atoms. The number of hydrogen-bond donors (Lipinski definition) is 2. The van der Waals surface area contributed by atoms with Crippen LogP contribution in [0.4, 0.5) is 14.9 Å². The van der Waals surface area contributed by atoms with Gasteiger partial charge in [-0.3, -0.25) is 0 Å². The van der Waals surface area contributed by atoms with Crippen LogP contribution in [-0.2, 0) is 9.47 Å². The molecule has 132 valence electrons. The maximum atomic E-state index is 13.5. The molecule has 24 heavy (non-hydrogen) atoms. The normalized spacial score (nSPS) is 23.2. The van der Waals surface area contributed by atoms with Gasteiger partial charge in [-0.2, -0.15) is 0 Å². The Hall–Kier alpha value is -1.86. The molecule has 2 saturated heterocycles. The average Bonchev–Trinajstić information content (AvgIpc) is 3.26. The second-order valence-corrected chi connectivity index (χ2v) is 6.06. The summed E-state index contributed by atoms with van der Waals surface area (Å²) in [5.41, 5.74) is 0.304. The topological polar surface area (TPSA) is 68.8 Å². The Labute approximate surface area is 140 Å². The highest BCUT2D eigenvalue weighted by Gasteiger charge is 2.19. The molecule has 2 aliphatic rings. The highest BCUT2D eigenvalue weighted by Crippen LogP contribution is 2.26. The summed E-state index contributed by atoms with van der Waals surface area (Å²) in [5.74, 6) is -0.00643. The minimum absolute atomic E-state index is 0.0521. The third-order valence-electron chi connectivity index (χ3n) is 4.15. The SMILES string of the molecule is O=C(NCC1CCCO1)Nc1cc(F)ccc1OCC1CCCO1. The standard InChI is InChI=1S/C17H23FN2O4/c18-12-5-6-16(24-11-14-4-2-8-23-14)15(9-12)20-17(21)19-10-13-3-1-7-22-13/h5-6,9,13-14H,1-4,7-8,10-11H2,(H2,19,20,21). The predicted octanol–water partition coefficient (Wildman–Crippen LogP) is 2.68. The van der Waals surface area contributed by atoms with Crippen LogP contribution in [0.5, 0.6) is 5.75 Å². The molecule has 2 amide bonds. The van der Waals surface area contributed by atoms with Gasteiger partial charge in [0.15, 0.2) is 0 Å². The fraction of sp³-hybridized carbons (Fsp3) is 0.588. The van der Waals surface area contributed by atoms with E-state index in [2.05, 4.69) is 10.6 Å². The maximum absolute atomic E-state index is 13.5. The van der Waals surface area contributed by atoms with Gasteiger partial charge in [0.2, 0.25) is 0 Å². The van der Waals surface area contributed by atoms with E-state index in [1.54, 1.807) is 0 Å². The molecule has 2 N–H and O–H groups in total. The van der Waals surface area contributed by atoms with Gasteiger partial charge in [-0.25, -0.2) is 9.18 Å². The predicted molar refractivity (Wildman–Crippen MR) is 86.9 cm³/mol. The van der Waals surface area contributed by atoms with Gasteiger partial charge in [-0.1, -0.05) is 0 Å². The summed E-state index contributed by atoms with van der Waals surface area (Å²) in [4.78, 5) is 12.0. The Balaban J connectivity index is 1.54. The third-order valence-corrected chi connectivity index (χ3v) is 4.15. The molecule has 0 radical (unpaired) electrons. The zero-order valence-electron chi connectivity index (χ0n) is 13.6. The smallest absolute Gasteiger partial charge is 0.319 e. The Morgan fingerprint density at radius 2 is 1.96 bits per heavy atom. The van der Waals surface area contributed by atoms with Gasteiger partial charge in [-0.05, 0) is 37.8 Å². The minimum atomic E-state index is -0.436. The van der Waals surface area contributed by atoms with Crippen molar-refractivity contribution in [2.75, 3.05) is 31.7 Å². The fourth-order valence-corrected chi connectivity index (χ4v) is 2.86. The zero-order valence-corrected chi connectivity index (χ0v) is 13.6. The van der Waals surface area contributed by atoms with Crippen LogP contribution in [0.25, 0.3) is 0 Å². The van der Waals surface area contributed by atoms with Crippen LogP contribution >= 0.6 is 0 Å². The van der Waals surface area contributed by atoms with Gasteiger partial charge in [0.25, 0.3) is 0 Å². The van der Waals surface area contributed by atoms with E-state index in [1.807, 2.05) is 0 Å². The molecule has 2 heterocycles. The number of nitrogens with one attached hydrogen (secondary N) is 2. The van der Waals surface area contributed by atoms with Gasteiger partial charge in [-0.15, -0.1) is 0 Å². The molecule has 2 unspecified atom stereocenters. The van der Waals surface area contributed by atoms with E-state index in [4.69, 9.17) is 14.2 Å². The summed E-state index contributed by atoms with van der Waals surface area (Å²) in [7, 11) is 0. The number of halogens is 1. The molecular weight excluding hydrogens is 315 g/mol. The molecule has 2 atom stereocenters. The molecule has 0 aromatic heterocycles. The number of carbonyl (C=O) groups is 1. The summed E-state index contributed by atoms with van der Waals surface area (Å²) < 4.78 is 30.1. The van der Waals surface area contributed by atoms with Crippen molar-refractivity contribution in [2.24, 2.45) is 0 Å². The van der Waals surface area contributed by atoms with Gasteiger partial charge < -0.3 is 24.8 Å². The Kier molecular flexibility index (Phi) is 5.87. The highest BCUT2D eigenvalue weighted by atomic mass is 19.1. The van der Waals surface area contributed by atoms with E-state index < -0.39 is 11.8 Å². The number of carbonyl (C=O) groups excluding carboxylic acids is 1. The second-order valence-electron chi connectivity index (χ2n) is 6.06. The molecule has 2 fully saturated rings. The van der Waals surface area contributed by atoms with Crippen molar-refractivity contribution in [1.82, 2.24) is 5.32 Å². The van der Waals surface area contributed by atoms with E-state index in [9.17, 15) is 9.18 Å². The second kappa shape index (κ2) is 8.30. The van der Waals surface area contributed by atoms with Crippen LogP contribution in [0, 0.1) is 5.82 Å². The Morgan fingerprint density at radius 1 is 1.21 bits per heavy atom. The summed E-state index contributed by atoms with van der Waals surface area (Å²) >= 11 is 0. The Bertz CT molecular complexity index is 558. The molecule has 3 rings (SSSR count). The van der Waals surface area contributed by atoms with Crippen molar-refractivity contribution < 1.29 is 23.4 Å². The summed E-state index contributed by atoms with van der Waals surface area (Å²) in [5, 5.41) is 5.38. The molecule has 6 nitrogen and oxygen atoms in total. The van der Waals surface area contributed by atoms with E-state index in [-0.39, 0.29) is 12.2 Å². The summed E-state index contributed by atoms with van der Waals surface area (Å²) in [6, 6.07) is 3.66. The molecule has 1 aromatic rings. The molecule has 2 aliphatic heterocycles. The largest absolute Gasteiger partial charge is 0.489 e. The van der Waals surface area contributed by atoms with Crippen molar-refractivity contribution >= 4 is 11.7 Å². The van der Waals surface area contributed by atoms with Crippen LogP contribution in [0.1, 0.15) is 25.7 Å². The van der Waals surface area contributed by atoms with E-state index in [0.29, 0.717) is 24.6 Å². The minimum Gasteiger partial charge on any atom is -0.489 e. The first-order chi connectivity index (χ1) is 11.7.